The topological polar surface area (TPSA) is 34.1 Å². The molecule has 0 atom stereocenters. The summed E-state index contributed by atoms with van der Waals surface area (Å²) in [5, 5.41) is -0.608. The van der Waals surface area contributed by atoms with Gasteiger partial charge in [0, 0.05) is 22.0 Å². The Hall–Kier alpha value is -0.670. The van der Waals surface area contributed by atoms with Gasteiger partial charge in [-0.05, 0) is 23.7 Å². The predicted octanol–water partition coefficient (Wildman–Crippen LogP) is 3.42. The average molecular weight is 276 g/mol. The third-order valence-corrected chi connectivity index (χ3v) is 2.69. The Labute approximate surface area is 95.4 Å². The molecule has 1 aromatic rings. The highest BCUT2D eigenvalue weighted by atomic mass is 79.9. The molecule has 1 aromatic carbocycles. The van der Waals surface area contributed by atoms with Gasteiger partial charge in [-0.2, -0.15) is 0 Å². The van der Waals surface area contributed by atoms with Gasteiger partial charge < -0.3 is 0 Å². The lowest BCUT2D eigenvalue weighted by Crippen LogP contribution is -2.05. The molecule has 74 valence electrons. The summed E-state index contributed by atoms with van der Waals surface area (Å²) in [6, 6.07) is 4.93. The van der Waals surface area contributed by atoms with E-state index in [1.54, 1.807) is 25.1 Å². The smallest absolute Gasteiger partial charge is 0.253 e. The summed E-state index contributed by atoms with van der Waals surface area (Å²) >= 11 is 8.59. The molecule has 0 aliphatic rings. The second kappa shape index (κ2) is 4.71. The van der Waals surface area contributed by atoms with Crippen molar-refractivity contribution in [2.45, 2.75) is 13.3 Å². The highest BCUT2D eigenvalue weighted by Crippen LogP contribution is 2.23. The largest absolute Gasteiger partial charge is 0.294 e. The number of ketones is 1. The molecule has 0 N–H and O–H groups in total. The molecule has 0 heterocycles. The third kappa shape index (κ3) is 2.22. The van der Waals surface area contributed by atoms with E-state index in [9.17, 15) is 9.59 Å². The third-order valence-electron chi connectivity index (χ3n) is 1.83. The molecule has 2 nitrogen and oxygen atoms in total. The van der Waals surface area contributed by atoms with Crippen LogP contribution in [0.25, 0.3) is 0 Å². The van der Waals surface area contributed by atoms with Crippen LogP contribution in [0.3, 0.4) is 0 Å². The van der Waals surface area contributed by atoms with Gasteiger partial charge in [0.25, 0.3) is 5.24 Å². The van der Waals surface area contributed by atoms with Crippen LogP contribution in [0.5, 0.6) is 0 Å². The first-order chi connectivity index (χ1) is 6.57. The van der Waals surface area contributed by atoms with Gasteiger partial charge in [0.2, 0.25) is 0 Å². The van der Waals surface area contributed by atoms with Crippen LogP contribution in [0.2, 0.25) is 0 Å². The summed E-state index contributed by atoms with van der Waals surface area (Å²) in [7, 11) is 0. The number of Topliss-reactive ketones (excluding diaryl/α,β-unsaturated/α-hetero) is 1. The summed E-state index contributed by atoms with van der Waals surface area (Å²) in [5.74, 6) is -0.0959. The average Bonchev–Trinajstić information content (AvgIpc) is 2.16. The highest BCUT2D eigenvalue weighted by Gasteiger charge is 2.16. The summed E-state index contributed by atoms with van der Waals surface area (Å²) in [6.45, 7) is 1.74. The van der Waals surface area contributed by atoms with Gasteiger partial charge in [-0.15, -0.1) is 0 Å². The Morgan fingerprint density at radius 3 is 2.57 bits per heavy atom. The van der Waals surface area contributed by atoms with Crippen molar-refractivity contribution in [2.24, 2.45) is 0 Å². The van der Waals surface area contributed by atoms with Gasteiger partial charge >= 0.3 is 0 Å². The maximum Gasteiger partial charge on any atom is 0.253 e. The van der Waals surface area contributed by atoms with Gasteiger partial charge in [-0.3, -0.25) is 9.59 Å². The second-order valence-corrected chi connectivity index (χ2v) is 3.91. The maximum absolute atomic E-state index is 11.5. The molecule has 0 bridgehead atoms. The summed E-state index contributed by atoms with van der Waals surface area (Å²) in [4.78, 5) is 22.5. The Morgan fingerprint density at radius 1 is 1.43 bits per heavy atom. The van der Waals surface area contributed by atoms with Crippen LogP contribution in [0.1, 0.15) is 34.1 Å². The second-order valence-electron chi connectivity index (χ2n) is 2.71. The molecule has 0 saturated heterocycles. The fourth-order valence-corrected chi connectivity index (χ4v) is 1.89. The molecule has 0 saturated carbocycles. The zero-order chi connectivity index (χ0) is 10.7. The van der Waals surface area contributed by atoms with Crippen LogP contribution in [0.4, 0.5) is 0 Å². The molecule has 0 unspecified atom stereocenters. The van der Waals surface area contributed by atoms with Crippen molar-refractivity contribution in [1.29, 1.82) is 0 Å². The Balaban J connectivity index is 3.36. The van der Waals surface area contributed by atoms with Crippen LogP contribution in [0.15, 0.2) is 22.7 Å². The molecule has 0 fully saturated rings. The van der Waals surface area contributed by atoms with Crippen molar-refractivity contribution in [3.05, 3.63) is 33.8 Å². The number of hydrogen-bond acceptors (Lipinski definition) is 2. The molecule has 1 rings (SSSR count). The van der Waals surface area contributed by atoms with Gasteiger partial charge in [0.05, 0.1) is 0 Å². The minimum atomic E-state index is -0.608. The fourth-order valence-electron chi connectivity index (χ4n) is 1.15. The number of rotatable bonds is 3. The normalized spacial score (nSPS) is 9.93. The van der Waals surface area contributed by atoms with Crippen LogP contribution < -0.4 is 0 Å². The van der Waals surface area contributed by atoms with Crippen LogP contribution >= 0.6 is 27.5 Å². The molecular weight excluding hydrogens is 267 g/mol. The SMILES string of the molecule is CCC(=O)c1c(Br)cccc1C(=O)Cl. The van der Waals surface area contributed by atoms with E-state index in [0.29, 0.717) is 16.5 Å². The number of hydrogen-bond donors (Lipinski definition) is 0. The van der Waals surface area contributed by atoms with E-state index in [2.05, 4.69) is 15.9 Å². The van der Waals surface area contributed by atoms with E-state index >= 15 is 0 Å². The van der Waals surface area contributed by atoms with E-state index in [0.717, 1.165) is 0 Å². The monoisotopic (exact) mass is 274 g/mol. The summed E-state index contributed by atoms with van der Waals surface area (Å²) in [5.41, 5.74) is 0.628. The lowest BCUT2D eigenvalue weighted by Gasteiger charge is -2.05. The molecule has 4 heteroatoms. The molecule has 0 aliphatic carbocycles. The zero-order valence-corrected chi connectivity index (χ0v) is 9.85. The van der Waals surface area contributed by atoms with E-state index in [4.69, 9.17) is 11.6 Å². The summed E-state index contributed by atoms with van der Waals surface area (Å²) < 4.78 is 0.607. The lowest BCUT2D eigenvalue weighted by molar-refractivity contribution is 0.0977. The molecule has 14 heavy (non-hydrogen) atoms. The first-order valence-corrected chi connectivity index (χ1v) is 5.26. The molecule has 0 aromatic heterocycles. The maximum atomic E-state index is 11.5. The van der Waals surface area contributed by atoms with Crippen molar-refractivity contribution in [2.75, 3.05) is 0 Å². The first-order valence-electron chi connectivity index (χ1n) is 4.09. The minimum Gasteiger partial charge on any atom is -0.294 e. The van der Waals surface area contributed by atoms with Crippen molar-refractivity contribution < 1.29 is 9.59 Å². The van der Waals surface area contributed by atoms with Gasteiger partial charge in [0.1, 0.15) is 0 Å². The minimum absolute atomic E-state index is 0.0959. The molecule has 0 aliphatic heterocycles. The quantitative estimate of drug-likeness (QED) is 0.626. The van der Waals surface area contributed by atoms with Gasteiger partial charge in [-0.25, -0.2) is 0 Å². The van der Waals surface area contributed by atoms with Crippen LogP contribution in [-0.4, -0.2) is 11.0 Å². The predicted molar refractivity (Wildman–Crippen MR) is 58.9 cm³/mol. The number of benzene rings is 1. The molecule has 0 radical (unpaired) electrons. The first kappa shape index (κ1) is 11.4. The zero-order valence-electron chi connectivity index (χ0n) is 7.51. The van der Waals surface area contributed by atoms with Crippen molar-refractivity contribution >= 4 is 38.6 Å². The van der Waals surface area contributed by atoms with E-state index < -0.39 is 5.24 Å². The number of carbonyl (C=O) groups is 2. The van der Waals surface area contributed by atoms with E-state index in [1.807, 2.05) is 0 Å². The van der Waals surface area contributed by atoms with E-state index in [1.165, 1.54) is 0 Å². The lowest BCUT2D eigenvalue weighted by atomic mass is 10.0. The van der Waals surface area contributed by atoms with Crippen LogP contribution in [-0.2, 0) is 0 Å². The fraction of sp³-hybridized carbons (Fsp3) is 0.200. The van der Waals surface area contributed by atoms with Crippen molar-refractivity contribution in [3.8, 4) is 0 Å². The summed E-state index contributed by atoms with van der Waals surface area (Å²) in [6.07, 6.45) is 0.347. The Morgan fingerprint density at radius 2 is 2.07 bits per heavy atom. The van der Waals surface area contributed by atoms with Crippen molar-refractivity contribution in [1.82, 2.24) is 0 Å². The van der Waals surface area contributed by atoms with Crippen molar-refractivity contribution in [3.63, 3.8) is 0 Å². The molecular formula is C10H8BrClO2. The van der Waals surface area contributed by atoms with Gasteiger partial charge in [0.15, 0.2) is 5.78 Å². The molecule has 0 spiro atoms. The Kier molecular flexibility index (Phi) is 3.84. The highest BCUT2D eigenvalue weighted by molar-refractivity contribution is 9.10. The molecule has 0 amide bonds. The number of halogens is 2. The standard InChI is InChI=1S/C10H8BrClO2/c1-2-8(13)9-6(10(12)14)4-3-5-7(9)11/h3-5H,2H2,1H3. The van der Waals surface area contributed by atoms with Crippen LogP contribution in [0, 0.1) is 0 Å². The van der Waals surface area contributed by atoms with E-state index in [-0.39, 0.29) is 11.3 Å². The van der Waals surface area contributed by atoms with Gasteiger partial charge in [-0.1, -0.05) is 28.9 Å². The number of carbonyl (C=O) groups excluding carboxylic acids is 2. The Bertz CT molecular complexity index is 388.